The molecule has 2 rings (SSSR count). The smallest absolute Gasteiger partial charge is 0.326 e. The number of aliphatic hydroxyl groups is 1. The van der Waals surface area contributed by atoms with Gasteiger partial charge in [-0.05, 0) is 56.5 Å². The maximum absolute atomic E-state index is 12.3. The number of aliphatic carboxylic acids is 1. The van der Waals surface area contributed by atoms with Gasteiger partial charge < -0.3 is 25.2 Å². The number of benzene rings is 1. The lowest BCUT2D eigenvalue weighted by Gasteiger charge is -2.35. The summed E-state index contributed by atoms with van der Waals surface area (Å²) in [5, 5.41) is 21.5. The van der Waals surface area contributed by atoms with Crippen LogP contribution in [-0.4, -0.2) is 65.2 Å². The van der Waals surface area contributed by atoms with Crippen molar-refractivity contribution in [3.8, 4) is 5.75 Å². The van der Waals surface area contributed by atoms with Gasteiger partial charge in [-0.2, -0.15) is 0 Å². The Hall–Kier alpha value is -2.45. The molecular formula is C24H36N2O6. The number of hydrogen-bond donors (Lipinski definition) is 3. The van der Waals surface area contributed by atoms with Gasteiger partial charge in [-0.1, -0.05) is 39.3 Å². The van der Waals surface area contributed by atoms with E-state index >= 15 is 0 Å². The predicted octanol–water partition coefficient (Wildman–Crippen LogP) is 2.33. The fourth-order valence-electron chi connectivity index (χ4n) is 4.32. The van der Waals surface area contributed by atoms with E-state index in [0.29, 0.717) is 5.75 Å². The summed E-state index contributed by atoms with van der Waals surface area (Å²) in [6, 6.07) is 6.31. The first kappa shape index (κ1) is 25.8. The maximum atomic E-state index is 12.3. The lowest BCUT2D eigenvalue weighted by Crippen LogP contribution is -2.48. The Kier molecular flexibility index (Phi) is 9.21. The second-order valence-corrected chi connectivity index (χ2v) is 9.12. The van der Waals surface area contributed by atoms with Gasteiger partial charge in [-0.25, -0.2) is 4.79 Å². The van der Waals surface area contributed by atoms with Crippen LogP contribution < -0.4 is 10.1 Å². The number of amides is 1. The van der Waals surface area contributed by atoms with Gasteiger partial charge in [0.25, 0.3) is 0 Å². The van der Waals surface area contributed by atoms with Gasteiger partial charge >= 0.3 is 11.9 Å². The van der Waals surface area contributed by atoms with E-state index < -0.39 is 36.4 Å². The number of likely N-dealkylation sites (tertiary alicyclic amines) is 1. The molecule has 0 saturated carbocycles. The Labute approximate surface area is 189 Å². The maximum Gasteiger partial charge on any atom is 0.326 e. The number of nitrogens with one attached hydrogen (secondary N) is 1. The minimum Gasteiger partial charge on any atom is -0.480 e. The average Bonchev–Trinajstić information content (AvgIpc) is 2.93. The van der Waals surface area contributed by atoms with Crippen LogP contribution in [0.1, 0.15) is 58.4 Å². The number of hydrogen-bond acceptors (Lipinski definition) is 6. The number of nitrogens with zero attached hydrogens (tertiary/aromatic N) is 1. The Morgan fingerprint density at radius 2 is 1.97 bits per heavy atom. The molecule has 1 heterocycles. The standard InChI is InChI=1S/C24H36N2O6/c1-5-24(11-6-7-12-26(4)15-24)17-9-8-10-18(13-17)32-20(28)14-19(27)22(29)25-21(16(2)3)23(30)31/h8-10,13,16,19,21,27H,5-7,11-12,14-15H2,1-4H3,(H,25,29)(H,30,31)/t19-,21-,24?/m0/s1. The van der Waals surface area contributed by atoms with Crippen LogP contribution in [0, 0.1) is 5.92 Å². The van der Waals surface area contributed by atoms with E-state index in [-0.39, 0.29) is 11.3 Å². The number of carbonyl (C=O) groups is 3. The van der Waals surface area contributed by atoms with Crippen molar-refractivity contribution in [2.24, 2.45) is 5.92 Å². The predicted molar refractivity (Wildman–Crippen MR) is 120 cm³/mol. The number of aliphatic hydroxyl groups excluding tert-OH is 1. The normalized spacial score (nSPS) is 21.4. The molecule has 1 aromatic rings. The zero-order chi connectivity index (χ0) is 23.9. The van der Waals surface area contributed by atoms with E-state index in [1.807, 2.05) is 12.1 Å². The highest BCUT2D eigenvalue weighted by atomic mass is 16.5. The molecule has 1 aliphatic rings. The molecule has 1 fully saturated rings. The molecule has 8 heteroatoms. The molecule has 0 aromatic heterocycles. The third-order valence-electron chi connectivity index (χ3n) is 6.27. The highest BCUT2D eigenvalue weighted by Gasteiger charge is 2.33. The van der Waals surface area contributed by atoms with E-state index in [2.05, 4.69) is 30.3 Å². The average molecular weight is 449 g/mol. The number of carboxylic acids is 1. The SMILES string of the molecule is CCC1(c2cccc(OC(=O)C[C@H](O)C(=O)N[C@H](C(=O)O)C(C)C)c2)CCCCN(C)C1. The highest BCUT2D eigenvalue weighted by Crippen LogP contribution is 2.37. The molecule has 1 amide bonds. The summed E-state index contributed by atoms with van der Waals surface area (Å²) in [5.41, 5.74) is 1.09. The second-order valence-electron chi connectivity index (χ2n) is 9.12. The molecule has 3 atom stereocenters. The Morgan fingerprint density at radius 3 is 2.59 bits per heavy atom. The van der Waals surface area contributed by atoms with Crippen molar-refractivity contribution in [3.63, 3.8) is 0 Å². The van der Waals surface area contributed by atoms with E-state index in [0.717, 1.165) is 44.3 Å². The molecule has 178 valence electrons. The van der Waals surface area contributed by atoms with Gasteiger partial charge in [0.2, 0.25) is 5.91 Å². The van der Waals surface area contributed by atoms with Crippen LogP contribution in [0.15, 0.2) is 24.3 Å². The summed E-state index contributed by atoms with van der Waals surface area (Å²) in [5.74, 6) is -2.88. The minimum absolute atomic E-state index is 0.0181. The fourth-order valence-corrected chi connectivity index (χ4v) is 4.32. The van der Waals surface area contributed by atoms with Crippen LogP contribution in [0.4, 0.5) is 0 Å². The molecule has 0 aliphatic carbocycles. The monoisotopic (exact) mass is 448 g/mol. The molecule has 1 aliphatic heterocycles. The molecule has 1 saturated heterocycles. The molecule has 3 N–H and O–H groups in total. The summed E-state index contributed by atoms with van der Waals surface area (Å²) < 4.78 is 5.41. The van der Waals surface area contributed by atoms with Crippen LogP contribution in [0.2, 0.25) is 0 Å². The summed E-state index contributed by atoms with van der Waals surface area (Å²) in [4.78, 5) is 38.0. The third kappa shape index (κ3) is 6.77. The molecule has 8 nitrogen and oxygen atoms in total. The topological polar surface area (TPSA) is 116 Å². The zero-order valence-corrected chi connectivity index (χ0v) is 19.5. The minimum atomic E-state index is -1.69. The molecule has 32 heavy (non-hydrogen) atoms. The third-order valence-corrected chi connectivity index (χ3v) is 6.27. The van der Waals surface area contributed by atoms with Crippen LogP contribution >= 0.6 is 0 Å². The van der Waals surface area contributed by atoms with Gasteiger partial charge in [0.1, 0.15) is 17.9 Å². The van der Waals surface area contributed by atoms with E-state index in [9.17, 15) is 19.5 Å². The number of esters is 1. The Bertz CT molecular complexity index is 811. The van der Waals surface area contributed by atoms with Crippen LogP contribution in [0.3, 0.4) is 0 Å². The second kappa shape index (κ2) is 11.4. The molecule has 1 unspecified atom stereocenters. The van der Waals surface area contributed by atoms with Crippen molar-refractivity contribution in [3.05, 3.63) is 29.8 Å². The van der Waals surface area contributed by atoms with Gasteiger partial charge in [-0.3, -0.25) is 9.59 Å². The molecule has 0 radical (unpaired) electrons. The number of carbonyl (C=O) groups excluding carboxylic acids is 2. The van der Waals surface area contributed by atoms with Crippen molar-refractivity contribution in [2.75, 3.05) is 20.1 Å². The first-order chi connectivity index (χ1) is 15.1. The summed E-state index contributed by atoms with van der Waals surface area (Å²) in [7, 11) is 2.13. The van der Waals surface area contributed by atoms with Crippen molar-refractivity contribution < 1.29 is 29.3 Å². The number of carboxylic acid groups (broad SMARTS) is 1. The van der Waals surface area contributed by atoms with E-state index in [4.69, 9.17) is 9.84 Å². The Balaban J connectivity index is 2.04. The van der Waals surface area contributed by atoms with Crippen molar-refractivity contribution in [2.45, 2.75) is 70.4 Å². The van der Waals surface area contributed by atoms with Crippen LogP contribution in [0.25, 0.3) is 0 Å². The lowest BCUT2D eigenvalue weighted by atomic mass is 9.74. The number of rotatable bonds is 9. The van der Waals surface area contributed by atoms with Crippen LogP contribution in [0.5, 0.6) is 5.75 Å². The Morgan fingerprint density at radius 1 is 1.25 bits per heavy atom. The van der Waals surface area contributed by atoms with Crippen molar-refractivity contribution >= 4 is 17.8 Å². The van der Waals surface area contributed by atoms with Gasteiger partial charge in [0.05, 0.1) is 6.42 Å². The van der Waals surface area contributed by atoms with Gasteiger partial charge in [-0.15, -0.1) is 0 Å². The molecule has 0 spiro atoms. The van der Waals surface area contributed by atoms with Crippen molar-refractivity contribution in [1.82, 2.24) is 10.2 Å². The number of likely N-dealkylation sites (N-methyl/N-ethyl adjacent to an activating group) is 1. The van der Waals surface area contributed by atoms with Gasteiger partial charge in [0.15, 0.2) is 0 Å². The van der Waals surface area contributed by atoms with Gasteiger partial charge in [0, 0.05) is 12.0 Å². The lowest BCUT2D eigenvalue weighted by molar-refractivity contribution is -0.146. The van der Waals surface area contributed by atoms with Crippen molar-refractivity contribution in [1.29, 1.82) is 0 Å². The molecular weight excluding hydrogens is 412 g/mol. The van der Waals surface area contributed by atoms with Crippen LogP contribution in [-0.2, 0) is 19.8 Å². The summed E-state index contributed by atoms with van der Waals surface area (Å²) in [6.07, 6.45) is 2.06. The first-order valence-corrected chi connectivity index (χ1v) is 11.3. The fraction of sp³-hybridized carbons (Fsp3) is 0.625. The first-order valence-electron chi connectivity index (χ1n) is 11.3. The molecule has 1 aromatic carbocycles. The molecule has 0 bridgehead atoms. The highest BCUT2D eigenvalue weighted by molar-refractivity contribution is 5.89. The van der Waals surface area contributed by atoms with E-state index in [1.54, 1.807) is 19.9 Å². The largest absolute Gasteiger partial charge is 0.480 e. The summed E-state index contributed by atoms with van der Waals surface area (Å²) >= 11 is 0. The van der Waals surface area contributed by atoms with E-state index in [1.165, 1.54) is 0 Å². The number of ether oxygens (including phenoxy) is 1. The zero-order valence-electron chi connectivity index (χ0n) is 19.5. The summed E-state index contributed by atoms with van der Waals surface area (Å²) in [6.45, 7) is 7.45. The quantitative estimate of drug-likeness (QED) is 0.392.